The normalized spacial score (nSPS) is 10.2. The monoisotopic (exact) mass is 333 g/mol. The summed E-state index contributed by atoms with van der Waals surface area (Å²) in [5, 5.41) is 2.98. The van der Waals surface area contributed by atoms with E-state index in [2.05, 4.69) is 5.32 Å². The predicted molar refractivity (Wildman–Crippen MR) is 99.4 cm³/mol. The number of hydrogen-bond donors (Lipinski definition) is 1. The van der Waals surface area contributed by atoms with Crippen LogP contribution in [0.25, 0.3) is 11.1 Å². The number of ether oxygens (including phenoxy) is 2. The van der Waals surface area contributed by atoms with Gasteiger partial charge in [-0.2, -0.15) is 0 Å². The average Bonchev–Trinajstić information content (AvgIpc) is 2.68. The fourth-order valence-corrected chi connectivity index (χ4v) is 2.64. The third-order valence-corrected chi connectivity index (χ3v) is 3.91. The fraction of sp³-hybridized carbons (Fsp3) is 0.0952. The first-order chi connectivity index (χ1) is 12.2. The van der Waals surface area contributed by atoms with Crippen molar-refractivity contribution in [3.63, 3.8) is 0 Å². The van der Waals surface area contributed by atoms with Crippen LogP contribution in [0.4, 0.5) is 5.69 Å². The number of methoxy groups -OCH3 is 2. The molecule has 0 unspecified atom stereocenters. The lowest BCUT2D eigenvalue weighted by Gasteiger charge is -2.13. The molecule has 0 aliphatic carbocycles. The first kappa shape index (κ1) is 16.6. The molecular weight excluding hydrogens is 314 g/mol. The zero-order chi connectivity index (χ0) is 17.6. The molecule has 0 fully saturated rings. The van der Waals surface area contributed by atoms with E-state index in [9.17, 15) is 4.79 Å². The van der Waals surface area contributed by atoms with Crippen molar-refractivity contribution in [1.29, 1.82) is 0 Å². The Morgan fingerprint density at radius 3 is 2.28 bits per heavy atom. The molecule has 0 radical (unpaired) electrons. The largest absolute Gasteiger partial charge is 0.497 e. The minimum absolute atomic E-state index is 0.233. The maximum absolute atomic E-state index is 12.7. The lowest BCUT2D eigenvalue weighted by molar-refractivity contribution is 0.102. The second kappa shape index (κ2) is 7.53. The van der Waals surface area contributed by atoms with Crippen LogP contribution >= 0.6 is 0 Å². The quantitative estimate of drug-likeness (QED) is 0.741. The molecule has 0 saturated heterocycles. The summed E-state index contributed by atoms with van der Waals surface area (Å²) in [5.74, 6) is 0.870. The van der Waals surface area contributed by atoms with E-state index in [1.807, 2.05) is 54.6 Å². The Bertz CT molecular complexity index is 875. The highest BCUT2D eigenvalue weighted by Gasteiger charge is 2.15. The highest BCUT2D eigenvalue weighted by atomic mass is 16.5. The summed E-state index contributed by atoms with van der Waals surface area (Å²) in [7, 11) is 3.11. The van der Waals surface area contributed by atoms with Crippen LogP contribution in [-0.4, -0.2) is 20.1 Å². The molecule has 0 spiro atoms. The summed E-state index contributed by atoms with van der Waals surface area (Å²) in [6.45, 7) is 0. The molecule has 4 heteroatoms. The van der Waals surface area contributed by atoms with Crippen LogP contribution in [0.5, 0.6) is 11.5 Å². The van der Waals surface area contributed by atoms with Crippen LogP contribution in [0.2, 0.25) is 0 Å². The smallest absolute Gasteiger partial charge is 0.259 e. The summed E-state index contributed by atoms with van der Waals surface area (Å²) in [6, 6.07) is 22.8. The third-order valence-electron chi connectivity index (χ3n) is 3.91. The predicted octanol–water partition coefficient (Wildman–Crippen LogP) is 4.62. The summed E-state index contributed by atoms with van der Waals surface area (Å²) < 4.78 is 10.5. The van der Waals surface area contributed by atoms with Crippen molar-refractivity contribution >= 4 is 11.6 Å². The number of para-hydroxylation sites is 1. The number of carbonyl (C=O) groups excluding carboxylic acids is 1. The van der Waals surface area contributed by atoms with Gasteiger partial charge in [0.15, 0.2) is 0 Å². The van der Waals surface area contributed by atoms with Gasteiger partial charge in [0.25, 0.3) is 5.91 Å². The zero-order valence-corrected chi connectivity index (χ0v) is 14.2. The average molecular weight is 333 g/mol. The first-order valence-corrected chi connectivity index (χ1v) is 7.90. The Kier molecular flexibility index (Phi) is 5.00. The molecule has 0 heterocycles. The van der Waals surface area contributed by atoms with E-state index in [4.69, 9.17) is 9.47 Å². The van der Waals surface area contributed by atoms with E-state index < -0.39 is 0 Å². The van der Waals surface area contributed by atoms with Gasteiger partial charge in [-0.3, -0.25) is 4.79 Å². The zero-order valence-electron chi connectivity index (χ0n) is 14.2. The lowest BCUT2D eigenvalue weighted by Crippen LogP contribution is -2.14. The molecule has 4 nitrogen and oxygen atoms in total. The van der Waals surface area contributed by atoms with Crippen LogP contribution in [0.15, 0.2) is 72.8 Å². The van der Waals surface area contributed by atoms with Gasteiger partial charge in [0.05, 0.1) is 19.8 Å². The van der Waals surface area contributed by atoms with Gasteiger partial charge in [-0.15, -0.1) is 0 Å². The molecule has 126 valence electrons. The van der Waals surface area contributed by atoms with Gasteiger partial charge in [-0.1, -0.05) is 48.5 Å². The van der Waals surface area contributed by atoms with E-state index >= 15 is 0 Å². The van der Waals surface area contributed by atoms with Crippen LogP contribution in [0.3, 0.4) is 0 Å². The number of nitrogens with one attached hydrogen (secondary N) is 1. The molecule has 1 N–H and O–H groups in total. The van der Waals surface area contributed by atoms with Gasteiger partial charge < -0.3 is 14.8 Å². The molecule has 0 atom stereocenters. The minimum atomic E-state index is -0.233. The van der Waals surface area contributed by atoms with Crippen molar-refractivity contribution < 1.29 is 14.3 Å². The molecule has 3 rings (SSSR count). The van der Waals surface area contributed by atoms with E-state index in [1.54, 1.807) is 25.3 Å². The van der Waals surface area contributed by atoms with Crippen molar-refractivity contribution in [2.75, 3.05) is 19.5 Å². The van der Waals surface area contributed by atoms with Gasteiger partial charge in [-0.25, -0.2) is 0 Å². The number of rotatable bonds is 5. The molecule has 3 aromatic carbocycles. The molecule has 25 heavy (non-hydrogen) atoms. The molecule has 0 aromatic heterocycles. The summed E-state index contributed by atoms with van der Waals surface area (Å²) in [4.78, 5) is 12.7. The summed E-state index contributed by atoms with van der Waals surface area (Å²) in [5.41, 5.74) is 3.20. The Hall–Kier alpha value is -3.27. The van der Waals surface area contributed by atoms with E-state index in [0.717, 1.165) is 16.8 Å². The third kappa shape index (κ3) is 3.63. The standard InChI is InChI=1S/C21H19NO3/c1-24-16-12-13-18(20(14-16)25-2)21(23)22-19-11-7-6-10-17(19)15-8-4-3-5-9-15/h3-14H,1-2H3,(H,22,23). The van der Waals surface area contributed by atoms with Crippen molar-refractivity contribution in [1.82, 2.24) is 0 Å². The molecule has 0 bridgehead atoms. The van der Waals surface area contributed by atoms with Gasteiger partial charge in [0.1, 0.15) is 11.5 Å². The van der Waals surface area contributed by atoms with Crippen molar-refractivity contribution in [3.8, 4) is 22.6 Å². The molecule has 0 saturated carbocycles. The minimum Gasteiger partial charge on any atom is -0.497 e. The Morgan fingerprint density at radius 1 is 0.840 bits per heavy atom. The number of hydrogen-bond acceptors (Lipinski definition) is 3. The summed E-state index contributed by atoms with van der Waals surface area (Å²) in [6.07, 6.45) is 0. The lowest BCUT2D eigenvalue weighted by atomic mass is 10.0. The van der Waals surface area contributed by atoms with Crippen molar-refractivity contribution in [2.24, 2.45) is 0 Å². The molecule has 1 amide bonds. The number of benzene rings is 3. The van der Waals surface area contributed by atoms with Gasteiger partial charge >= 0.3 is 0 Å². The van der Waals surface area contributed by atoms with Gasteiger partial charge in [0.2, 0.25) is 0 Å². The maximum atomic E-state index is 12.7. The topological polar surface area (TPSA) is 47.6 Å². The van der Waals surface area contributed by atoms with Crippen LogP contribution in [0.1, 0.15) is 10.4 Å². The van der Waals surface area contributed by atoms with Gasteiger partial charge in [0, 0.05) is 17.3 Å². The van der Waals surface area contributed by atoms with Crippen LogP contribution in [-0.2, 0) is 0 Å². The number of amides is 1. The number of carbonyl (C=O) groups is 1. The fourth-order valence-electron chi connectivity index (χ4n) is 2.64. The van der Waals surface area contributed by atoms with Crippen molar-refractivity contribution in [2.45, 2.75) is 0 Å². The Morgan fingerprint density at radius 2 is 1.56 bits per heavy atom. The molecular formula is C21H19NO3. The summed E-state index contributed by atoms with van der Waals surface area (Å²) >= 11 is 0. The van der Waals surface area contributed by atoms with E-state index in [1.165, 1.54) is 7.11 Å². The first-order valence-electron chi connectivity index (χ1n) is 7.90. The van der Waals surface area contributed by atoms with Gasteiger partial charge in [-0.05, 0) is 23.8 Å². The highest BCUT2D eigenvalue weighted by molar-refractivity contribution is 6.08. The second-order valence-electron chi connectivity index (χ2n) is 5.43. The maximum Gasteiger partial charge on any atom is 0.259 e. The molecule has 3 aromatic rings. The van der Waals surface area contributed by atoms with Crippen molar-refractivity contribution in [3.05, 3.63) is 78.4 Å². The SMILES string of the molecule is COc1ccc(C(=O)Nc2ccccc2-c2ccccc2)c(OC)c1. The van der Waals surface area contributed by atoms with Crippen LogP contribution < -0.4 is 14.8 Å². The highest BCUT2D eigenvalue weighted by Crippen LogP contribution is 2.30. The van der Waals surface area contributed by atoms with E-state index in [-0.39, 0.29) is 5.91 Å². The number of anilines is 1. The van der Waals surface area contributed by atoms with E-state index in [0.29, 0.717) is 17.1 Å². The Balaban J connectivity index is 1.92. The Labute approximate surface area is 147 Å². The second-order valence-corrected chi connectivity index (χ2v) is 5.43. The molecule has 0 aliphatic heterocycles. The van der Waals surface area contributed by atoms with Crippen LogP contribution in [0, 0.1) is 0 Å². The molecule has 0 aliphatic rings.